The first-order valence-electron chi connectivity index (χ1n) is 4.86. The van der Waals surface area contributed by atoms with Crippen LogP contribution in [0.2, 0.25) is 0 Å². The highest BCUT2D eigenvalue weighted by Gasteiger charge is 2.62. The molecule has 0 aromatic heterocycles. The van der Waals surface area contributed by atoms with Crippen molar-refractivity contribution in [2.75, 3.05) is 6.54 Å². The van der Waals surface area contributed by atoms with Gasteiger partial charge >= 0.3 is 0 Å². The summed E-state index contributed by atoms with van der Waals surface area (Å²) in [5.41, 5.74) is 4.49. The van der Waals surface area contributed by atoms with Gasteiger partial charge in [-0.3, -0.25) is 0 Å². The fourth-order valence-electron chi connectivity index (χ4n) is 1.80. The van der Waals surface area contributed by atoms with E-state index >= 15 is 0 Å². The summed E-state index contributed by atoms with van der Waals surface area (Å²) in [6.07, 6.45) is 1.02. The molecule has 0 spiro atoms. The summed E-state index contributed by atoms with van der Waals surface area (Å²) in [4.78, 5) is 0. The van der Waals surface area contributed by atoms with Crippen LogP contribution in [0.1, 0.15) is 18.4 Å². The molecule has 0 aliphatic heterocycles. The van der Waals surface area contributed by atoms with Gasteiger partial charge in [-0.2, -0.15) is 0 Å². The summed E-state index contributed by atoms with van der Waals surface area (Å²) in [5, 5.41) is 0. The Hall–Kier alpha value is -0.480. The molecule has 0 unspecified atom stereocenters. The van der Waals surface area contributed by atoms with Gasteiger partial charge in [-0.25, -0.2) is 8.78 Å². The van der Waals surface area contributed by atoms with Crippen LogP contribution in [0.4, 0.5) is 8.78 Å². The van der Waals surface area contributed by atoms with Gasteiger partial charge in [-0.1, -0.05) is 34.1 Å². The van der Waals surface area contributed by atoms with Crippen molar-refractivity contribution >= 4 is 15.9 Å². The van der Waals surface area contributed by atoms with Crippen molar-refractivity contribution in [3.05, 3.63) is 34.3 Å². The molecule has 1 aromatic carbocycles. The number of hydrogen-bond acceptors (Lipinski definition) is 1. The molecule has 0 amide bonds. The van der Waals surface area contributed by atoms with Crippen molar-refractivity contribution < 1.29 is 8.78 Å². The van der Waals surface area contributed by atoms with Crippen LogP contribution in [-0.4, -0.2) is 6.54 Å². The fraction of sp³-hybridized carbons (Fsp3) is 0.455. The first-order chi connectivity index (χ1) is 7.03. The number of nitrogens with two attached hydrogens (primary N) is 1. The molecule has 2 rings (SSSR count). The largest absolute Gasteiger partial charge is 0.330 e. The molecule has 1 nitrogen and oxygen atoms in total. The van der Waals surface area contributed by atoms with Crippen molar-refractivity contribution in [2.45, 2.75) is 18.8 Å². The second-order valence-electron chi connectivity index (χ2n) is 4.04. The number of alkyl halides is 2. The Bertz CT molecular complexity index is 375. The highest BCUT2D eigenvalue weighted by molar-refractivity contribution is 9.10. The van der Waals surface area contributed by atoms with E-state index in [4.69, 9.17) is 5.73 Å². The van der Waals surface area contributed by atoms with Crippen molar-refractivity contribution in [3.63, 3.8) is 0 Å². The first-order valence-corrected chi connectivity index (χ1v) is 5.66. The summed E-state index contributed by atoms with van der Waals surface area (Å²) in [5.74, 6) is -2.83. The Balaban J connectivity index is 2.42. The van der Waals surface area contributed by atoms with Gasteiger partial charge in [0.1, 0.15) is 0 Å². The van der Waals surface area contributed by atoms with Gasteiger partial charge in [-0.15, -0.1) is 0 Å². The molecular formula is C11H12BrF2N. The predicted molar refractivity (Wildman–Crippen MR) is 58.8 cm³/mol. The molecule has 2 N–H and O–H groups in total. The molecule has 0 radical (unpaired) electrons. The average Bonchev–Trinajstić information content (AvgIpc) is 2.98. The van der Waals surface area contributed by atoms with Crippen LogP contribution in [0.5, 0.6) is 0 Å². The number of benzene rings is 1. The monoisotopic (exact) mass is 275 g/mol. The molecule has 1 fully saturated rings. The second-order valence-corrected chi connectivity index (χ2v) is 4.89. The summed E-state index contributed by atoms with van der Waals surface area (Å²) in [6, 6.07) is 6.45. The Morgan fingerprint density at radius 1 is 1.33 bits per heavy atom. The summed E-state index contributed by atoms with van der Waals surface area (Å²) >= 11 is 3.16. The van der Waals surface area contributed by atoms with Crippen LogP contribution in [0.25, 0.3) is 0 Å². The zero-order chi connectivity index (χ0) is 11.1. The van der Waals surface area contributed by atoms with E-state index in [1.807, 2.05) is 0 Å². The van der Waals surface area contributed by atoms with Gasteiger partial charge in [0, 0.05) is 16.6 Å². The predicted octanol–water partition coefficient (Wildman–Crippen LogP) is 3.28. The van der Waals surface area contributed by atoms with E-state index in [2.05, 4.69) is 15.9 Å². The van der Waals surface area contributed by atoms with Crippen molar-refractivity contribution in [1.29, 1.82) is 0 Å². The quantitative estimate of drug-likeness (QED) is 0.900. The lowest BCUT2D eigenvalue weighted by molar-refractivity contribution is -0.0768. The maximum Gasteiger partial charge on any atom is 0.281 e. The van der Waals surface area contributed by atoms with Crippen LogP contribution in [-0.2, 0) is 5.92 Å². The van der Waals surface area contributed by atoms with Gasteiger partial charge in [0.25, 0.3) is 5.92 Å². The standard InChI is InChI=1S/C11H12BrF2N/c12-9-4-2-1-3-8(9)11(13,14)10(7-15)5-6-10/h1-4H,5-7,15H2. The molecule has 1 saturated carbocycles. The van der Waals surface area contributed by atoms with Crippen LogP contribution < -0.4 is 5.73 Å². The van der Waals surface area contributed by atoms with Gasteiger partial charge < -0.3 is 5.73 Å². The molecule has 0 atom stereocenters. The van der Waals surface area contributed by atoms with Crippen molar-refractivity contribution in [1.82, 2.24) is 0 Å². The van der Waals surface area contributed by atoms with E-state index in [-0.39, 0.29) is 12.1 Å². The van der Waals surface area contributed by atoms with E-state index in [1.54, 1.807) is 18.2 Å². The molecule has 1 aliphatic carbocycles. The van der Waals surface area contributed by atoms with Gasteiger partial charge in [-0.05, 0) is 18.9 Å². The average molecular weight is 276 g/mol. The summed E-state index contributed by atoms with van der Waals surface area (Å²) in [6.45, 7) is 0.0430. The summed E-state index contributed by atoms with van der Waals surface area (Å²) < 4.78 is 28.7. The molecule has 4 heteroatoms. The zero-order valence-corrected chi connectivity index (χ0v) is 9.73. The maximum absolute atomic E-state index is 14.1. The number of hydrogen-bond donors (Lipinski definition) is 1. The van der Waals surface area contributed by atoms with Crippen LogP contribution >= 0.6 is 15.9 Å². The molecular weight excluding hydrogens is 264 g/mol. The SMILES string of the molecule is NCC1(C(F)(F)c2ccccc2Br)CC1. The lowest BCUT2D eigenvalue weighted by Crippen LogP contribution is -2.34. The fourth-order valence-corrected chi connectivity index (χ4v) is 2.33. The normalized spacial score (nSPS) is 18.9. The first kappa shape index (κ1) is 11.0. The Morgan fingerprint density at radius 2 is 1.93 bits per heavy atom. The molecule has 1 aliphatic rings. The molecule has 1 aromatic rings. The summed E-state index contributed by atoms with van der Waals surface area (Å²) in [7, 11) is 0. The highest BCUT2D eigenvalue weighted by atomic mass is 79.9. The molecule has 0 saturated heterocycles. The molecule has 15 heavy (non-hydrogen) atoms. The van der Waals surface area contributed by atoms with E-state index < -0.39 is 11.3 Å². The Kier molecular flexibility index (Phi) is 2.59. The Labute approximate surface area is 95.8 Å². The minimum atomic E-state index is -2.83. The third-order valence-electron chi connectivity index (χ3n) is 3.12. The third kappa shape index (κ3) is 1.60. The van der Waals surface area contributed by atoms with Crippen LogP contribution in [0.3, 0.4) is 0 Å². The van der Waals surface area contributed by atoms with Crippen LogP contribution in [0, 0.1) is 5.41 Å². The zero-order valence-electron chi connectivity index (χ0n) is 8.14. The lowest BCUT2D eigenvalue weighted by atomic mass is 9.92. The van der Waals surface area contributed by atoms with E-state index in [0.29, 0.717) is 17.3 Å². The molecule has 82 valence electrons. The molecule has 0 bridgehead atoms. The van der Waals surface area contributed by atoms with Gasteiger partial charge in [0.15, 0.2) is 0 Å². The van der Waals surface area contributed by atoms with Gasteiger partial charge in [0.2, 0.25) is 0 Å². The molecule has 0 heterocycles. The third-order valence-corrected chi connectivity index (χ3v) is 3.81. The maximum atomic E-state index is 14.1. The topological polar surface area (TPSA) is 26.0 Å². The van der Waals surface area contributed by atoms with E-state index in [1.165, 1.54) is 6.07 Å². The van der Waals surface area contributed by atoms with Crippen LogP contribution in [0.15, 0.2) is 28.7 Å². The van der Waals surface area contributed by atoms with Crippen molar-refractivity contribution in [3.8, 4) is 0 Å². The van der Waals surface area contributed by atoms with E-state index in [9.17, 15) is 8.78 Å². The smallest absolute Gasteiger partial charge is 0.281 e. The second kappa shape index (κ2) is 3.52. The van der Waals surface area contributed by atoms with Gasteiger partial charge in [0.05, 0.1) is 5.41 Å². The van der Waals surface area contributed by atoms with E-state index in [0.717, 1.165) is 0 Å². The number of halogens is 3. The minimum absolute atomic E-state index is 0.0430. The minimum Gasteiger partial charge on any atom is -0.330 e. The number of rotatable bonds is 3. The van der Waals surface area contributed by atoms with Crippen molar-refractivity contribution in [2.24, 2.45) is 11.1 Å². The highest BCUT2D eigenvalue weighted by Crippen LogP contribution is 2.61. The Morgan fingerprint density at radius 3 is 2.40 bits per heavy atom. The lowest BCUT2D eigenvalue weighted by Gasteiger charge is -2.26.